The van der Waals surface area contributed by atoms with Crippen molar-refractivity contribution in [3.8, 4) is 0 Å². The topological polar surface area (TPSA) is 146 Å². The number of nitrogens with zero attached hydrogens (tertiary/aromatic N) is 4. The van der Waals surface area contributed by atoms with Gasteiger partial charge < -0.3 is 36.0 Å². The standard InChI is InChI=1S/C35H53N7O4/c1-6-29-32(37-24-7-10-27(43)11-8-24)40-33(30(39-29)31(36)44)38-25-9-12-28(22(2)21-25)23-13-17-41(18-14-23)26-15-19-42(20-16-26)34(45)46-35(3,4)5/h9,12,21,23-24,26-27,43H,6-8,10-11,13-20H2,1-5H3,(H2,36,44)(H2,37,38,40). The number of carbonyl (C=O) groups excluding carboxylic acids is 2. The Hall–Kier alpha value is -3.44. The molecule has 0 atom stereocenters. The summed E-state index contributed by atoms with van der Waals surface area (Å²) in [7, 11) is 0. The SMILES string of the molecule is CCc1nc(C(N)=O)c(Nc2ccc(C3CCN(C4CCN(C(=O)OC(C)(C)C)CC4)CC3)c(C)c2)nc1NC1CCC(O)CC1. The largest absolute Gasteiger partial charge is 0.444 e. The van der Waals surface area contributed by atoms with Gasteiger partial charge in [0.15, 0.2) is 11.5 Å². The highest BCUT2D eigenvalue weighted by Gasteiger charge is 2.32. The van der Waals surface area contributed by atoms with E-state index in [2.05, 4.69) is 45.6 Å². The van der Waals surface area contributed by atoms with Gasteiger partial charge in [-0.2, -0.15) is 0 Å². The van der Waals surface area contributed by atoms with Crippen LogP contribution in [0.25, 0.3) is 0 Å². The first-order valence-electron chi connectivity index (χ1n) is 17.1. The van der Waals surface area contributed by atoms with Gasteiger partial charge in [-0.1, -0.05) is 13.0 Å². The number of amides is 2. The molecule has 3 heterocycles. The second-order valence-electron chi connectivity index (χ2n) is 14.3. The fourth-order valence-electron chi connectivity index (χ4n) is 7.17. The van der Waals surface area contributed by atoms with E-state index in [0.29, 0.717) is 35.7 Å². The maximum atomic E-state index is 12.5. The summed E-state index contributed by atoms with van der Waals surface area (Å²) >= 11 is 0. The fraction of sp³-hybridized carbons (Fsp3) is 0.657. The van der Waals surface area contributed by atoms with Crippen molar-refractivity contribution in [3.05, 3.63) is 40.7 Å². The summed E-state index contributed by atoms with van der Waals surface area (Å²) in [5, 5.41) is 16.8. The van der Waals surface area contributed by atoms with E-state index in [9.17, 15) is 14.7 Å². The number of nitrogens with two attached hydrogens (primary N) is 1. The number of hydrogen-bond donors (Lipinski definition) is 4. The van der Waals surface area contributed by atoms with E-state index in [1.807, 2.05) is 32.6 Å². The smallest absolute Gasteiger partial charge is 0.410 e. The van der Waals surface area contributed by atoms with Gasteiger partial charge in [0.25, 0.3) is 5.91 Å². The van der Waals surface area contributed by atoms with Crippen LogP contribution in [0.1, 0.15) is 112 Å². The molecule has 2 amide bonds. The normalized spacial score (nSPS) is 22.0. The molecular formula is C35H53N7O4. The summed E-state index contributed by atoms with van der Waals surface area (Å²) in [4.78, 5) is 38.7. The number of nitrogens with one attached hydrogen (secondary N) is 2. The predicted molar refractivity (Wildman–Crippen MR) is 181 cm³/mol. The molecule has 1 aromatic carbocycles. The average Bonchev–Trinajstić information content (AvgIpc) is 3.02. The molecule has 3 aliphatic rings. The van der Waals surface area contributed by atoms with E-state index in [0.717, 1.165) is 83.2 Å². The van der Waals surface area contributed by atoms with E-state index < -0.39 is 11.5 Å². The van der Waals surface area contributed by atoms with Crippen LogP contribution in [0.15, 0.2) is 18.2 Å². The average molecular weight is 636 g/mol. The van der Waals surface area contributed by atoms with Crippen LogP contribution in [-0.4, -0.2) is 86.8 Å². The maximum Gasteiger partial charge on any atom is 0.410 e. The maximum absolute atomic E-state index is 12.5. The molecule has 0 bridgehead atoms. The lowest BCUT2D eigenvalue weighted by Gasteiger charge is -2.42. The van der Waals surface area contributed by atoms with Crippen molar-refractivity contribution in [2.24, 2.45) is 5.73 Å². The van der Waals surface area contributed by atoms with Gasteiger partial charge in [-0.25, -0.2) is 14.8 Å². The molecule has 1 saturated carbocycles. The number of aliphatic hydroxyl groups is 1. The number of ether oxygens (including phenoxy) is 1. The van der Waals surface area contributed by atoms with E-state index in [-0.39, 0.29) is 23.9 Å². The van der Waals surface area contributed by atoms with Gasteiger partial charge in [0, 0.05) is 30.9 Å². The minimum absolute atomic E-state index is 0.132. The highest BCUT2D eigenvalue weighted by Crippen LogP contribution is 2.34. The Labute approximate surface area is 273 Å². The second-order valence-corrected chi connectivity index (χ2v) is 14.3. The Kier molecular flexibility index (Phi) is 10.7. The molecule has 5 N–H and O–H groups in total. The highest BCUT2D eigenvalue weighted by molar-refractivity contribution is 5.96. The van der Waals surface area contributed by atoms with Crippen molar-refractivity contribution in [3.63, 3.8) is 0 Å². The van der Waals surface area contributed by atoms with E-state index in [4.69, 9.17) is 15.5 Å². The lowest BCUT2D eigenvalue weighted by molar-refractivity contribution is 0.0127. The molecule has 0 spiro atoms. The van der Waals surface area contributed by atoms with Crippen LogP contribution in [0.2, 0.25) is 0 Å². The molecule has 46 heavy (non-hydrogen) atoms. The number of anilines is 3. The second kappa shape index (κ2) is 14.5. The number of piperidine rings is 2. The van der Waals surface area contributed by atoms with Gasteiger partial charge in [-0.05, 0) is 128 Å². The van der Waals surface area contributed by atoms with Crippen LogP contribution in [-0.2, 0) is 11.2 Å². The van der Waals surface area contributed by atoms with Crippen molar-refractivity contribution in [2.45, 2.75) is 122 Å². The van der Waals surface area contributed by atoms with Gasteiger partial charge in [-0.15, -0.1) is 0 Å². The molecule has 1 aliphatic carbocycles. The fourth-order valence-corrected chi connectivity index (χ4v) is 7.17. The lowest BCUT2D eigenvalue weighted by atomic mass is 9.85. The number of aliphatic hydroxyl groups excluding tert-OH is 1. The zero-order valence-electron chi connectivity index (χ0n) is 28.3. The number of likely N-dealkylation sites (tertiary alicyclic amines) is 2. The Morgan fingerprint density at radius 2 is 1.65 bits per heavy atom. The monoisotopic (exact) mass is 635 g/mol. The molecule has 252 valence electrons. The molecule has 11 heteroatoms. The lowest BCUT2D eigenvalue weighted by Crippen LogP contribution is -2.49. The van der Waals surface area contributed by atoms with E-state index in [1.54, 1.807) is 0 Å². The number of hydrogen-bond acceptors (Lipinski definition) is 9. The number of primary amides is 1. The van der Waals surface area contributed by atoms with Crippen LogP contribution in [0.4, 0.5) is 22.1 Å². The van der Waals surface area contributed by atoms with Gasteiger partial charge in [0.2, 0.25) is 0 Å². The predicted octanol–water partition coefficient (Wildman–Crippen LogP) is 5.48. The molecular weight excluding hydrogens is 582 g/mol. The Balaban J connectivity index is 1.20. The molecule has 0 radical (unpaired) electrons. The van der Waals surface area contributed by atoms with E-state index in [1.165, 1.54) is 11.1 Å². The minimum Gasteiger partial charge on any atom is -0.444 e. The molecule has 0 unspecified atom stereocenters. The first kappa shape index (κ1) is 33.9. The number of aryl methyl sites for hydroxylation is 2. The Morgan fingerprint density at radius 1 is 0.978 bits per heavy atom. The Morgan fingerprint density at radius 3 is 2.24 bits per heavy atom. The molecule has 2 saturated heterocycles. The number of carbonyl (C=O) groups is 2. The first-order valence-corrected chi connectivity index (χ1v) is 17.1. The van der Waals surface area contributed by atoms with Crippen LogP contribution in [0.5, 0.6) is 0 Å². The van der Waals surface area contributed by atoms with Crippen LogP contribution in [0, 0.1) is 6.92 Å². The molecule has 2 aromatic rings. The number of rotatable bonds is 8. The van der Waals surface area contributed by atoms with Crippen molar-refractivity contribution in [2.75, 3.05) is 36.8 Å². The molecule has 11 nitrogen and oxygen atoms in total. The highest BCUT2D eigenvalue weighted by atomic mass is 16.6. The third-order valence-corrected chi connectivity index (χ3v) is 9.71. The number of benzene rings is 1. The van der Waals surface area contributed by atoms with Gasteiger partial charge in [0.1, 0.15) is 11.4 Å². The molecule has 1 aromatic heterocycles. The summed E-state index contributed by atoms with van der Waals surface area (Å²) in [5.41, 5.74) is 9.51. The zero-order valence-corrected chi connectivity index (χ0v) is 28.3. The summed E-state index contributed by atoms with van der Waals surface area (Å²) in [6.07, 6.45) is 7.59. The van der Waals surface area contributed by atoms with Crippen LogP contribution < -0.4 is 16.4 Å². The van der Waals surface area contributed by atoms with Crippen molar-refractivity contribution >= 4 is 29.3 Å². The van der Waals surface area contributed by atoms with Gasteiger partial charge in [-0.3, -0.25) is 4.79 Å². The quantitative estimate of drug-likeness (QED) is 0.296. The van der Waals surface area contributed by atoms with Gasteiger partial charge >= 0.3 is 6.09 Å². The summed E-state index contributed by atoms with van der Waals surface area (Å²) in [5.74, 6) is 0.877. The van der Waals surface area contributed by atoms with E-state index >= 15 is 0 Å². The molecule has 5 rings (SSSR count). The Bertz CT molecular complexity index is 1370. The summed E-state index contributed by atoms with van der Waals surface area (Å²) < 4.78 is 5.57. The zero-order chi connectivity index (χ0) is 33.0. The van der Waals surface area contributed by atoms with Gasteiger partial charge in [0.05, 0.1) is 11.8 Å². The number of aromatic nitrogens is 2. The summed E-state index contributed by atoms with van der Waals surface area (Å²) in [6, 6.07) is 7.08. The first-order chi connectivity index (χ1) is 21.9. The third-order valence-electron chi connectivity index (χ3n) is 9.71. The van der Waals surface area contributed by atoms with Crippen molar-refractivity contribution in [1.82, 2.24) is 19.8 Å². The van der Waals surface area contributed by atoms with Crippen LogP contribution in [0.3, 0.4) is 0 Å². The van der Waals surface area contributed by atoms with Crippen LogP contribution >= 0.6 is 0 Å². The summed E-state index contributed by atoms with van der Waals surface area (Å²) in [6.45, 7) is 13.5. The van der Waals surface area contributed by atoms with Crippen molar-refractivity contribution in [1.29, 1.82) is 0 Å². The minimum atomic E-state index is -0.618. The third kappa shape index (κ3) is 8.47. The molecule has 2 aliphatic heterocycles. The van der Waals surface area contributed by atoms with Crippen molar-refractivity contribution < 1.29 is 19.4 Å². The molecule has 3 fully saturated rings.